The van der Waals surface area contributed by atoms with Crippen LogP contribution in [0.1, 0.15) is 94.2 Å². The van der Waals surface area contributed by atoms with Gasteiger partial charge in [-0.2, -0.15) is 9.36 Å². The Balaban J connectivity index is 1.36. The van der Waals surface area contributed by atoms with E-state index in [0.717, 1.165) is 65.5 Å². The second-order valence-electron chi connectivity index (χ2n) is 14.5. The van der Waals surface area contributed by atoms with Crippen molar-refractivity contribution in [1.82, 2.24) is 23.8 Å². The molecule has 3 aromatic heterocycles. The van der Waals surface area contributed by atoms with Crippen molar-refractivity contribution in [3.63, 3.8) is 0 Å². The third kappa shape index (κ3) is 6.17. The van der Waals surface area contributed by atoms with Crippen molar-refractivity contribution in [2.45, 2.75) is 104 Å². The number of aryl methyl sites for hydroxylation is 2. The minimum absolute atomic E-state index is 0.288. The molecule has 0 bridgehead atoms. The van der Waals surface area contributed by atoms with Gasteiger partial charge in [0.25, 0.3) is 0 Å². The smallest absolute Gasteiger partial charge is 0.337 e. The van der Waals surface area contributed by atoms with Crippen molar-refractivity contribution in [1.29, 1.82) is 0 Å². The van der Waals surface area contributed by atoms with Gasteiger partial charge in [-0.25, -0.2) is 14.2 Å². The number of fused-ring (bicyclic) bond motifs is 2. The fraction of sp³-hybridized carbons (Fsp3) is 0.579. The normalized spacial score (nSPS) is 18.1. The molecule has 2 fully saturated rings. The molecule has 12 heteroatoms. The number of carboxylic acids is 1. The molecule has 268 valence electrons. The molecule has 1 N–H and O–H groups in total. The van der Waals surface area contributed by atoms with Crippen LogP contribution in [0.5, 0.6) is 5.75 Å². The van der Waals surface area contributed by atoms with Gasteiger partial charge in [0.15, 0.2) is 22.7 Å². The molecule has 7 rings (SSSR count). The lowest BCUT2D eigenvalue weighted by molar-refractivity contribution is -0.165. The second kappa shape index (κ2) is 13.8. The van der Waals surface area contributed by atoms with E-state index in [1.807, 2.05) is 52.3 Å². The van der Waals surface area contributed by atoms with E-state index in [2.05, 4.69) is 9.80 Å². The van der Waals surface area contributed by atoms with Crippen LogP contribution in [0.2, 0.25) is 0 Å². The first kappa shape index (κ1) is 34.8. The Morgan fingerprint density at radius 2 is 1.84 bits per heavy atom. The number of pyridine rings is 1. The Hall–Kier alpha value is -3.61. The monoisotopic (exact) mass is 704 g/mol. The highest BCUT2D eigenvalue weighted by Crippen LogP contribution is 2.46. The Bertz CT molecular complexity index is 1900. The zero-order chi connectivity index (χ0) is 35.3. The van der Waals surface area contributed by atoms with Gasteiger partial charge in [0.05, 0.1) is 17.9 Å². The van der Waals surface area contributed by atoms with E-state index >= 15 is 4.39 Å². The number of carbonyl (C=O) groups is 1. The lowest BCUT2D eigenvalue weighted by Gasteiger charge is -2.36. The summed E-state index contributed by atoms with van der Waals surface area (Å²) >= 11 is 1.35. The van der Waals surface area contributed by atoms with Gasteiger partial charge in [0.2, 0.25) is 5.95 Å². The highest BCUT2D eigenvalue weighted by Gasteiger charge is 2.37. The number of aromatic nitrogens is 4. The molecular formula is C38H49FN6O4S. The van der Waals surface area contributed by atoms with Crippen molar-refractivity contribution < 1.29 is 23.8 Å². The Kier molecular flexibility index (Phi) is 9.64. The number of anilines is 1. The molecule has 0 unspecified atom stereocenters. The molecule has 2 saturated heterocycles. The summed E-state index contributed by atoms with van der Waals surface area (Å²) in [5, 5.41) is 12.2. The van der Waals surface area contributed by atoms with Crippen molar-refractivity contribution in [2.75, 3.05) is 37.7 Å². The minimum atomic E-state index is -1.32. The van der Waals surface area contributed by atoms with Crippen LogP contribution in [0.25, 0.3) is 32.9 Å². The van der Waals surface area contributed by atoms with Gasteiger partial charge >= 0.3 is 5.97 Å². The number of benzene rings is 1. The number of carboxylic acid groups (broad SMARTS) is 1. The first-order chi connectivity index (χ1) is 24.0. The van der Waals surface area contributed by atoms with E-state index in [-0.39, 0.29) is 5.75 Å². The maximum atomic E-state index is 15.9. The minimum Gasteiger partial charge on any atom is -0.490 e. The zero-order valence-corrected chi connectivity index (χ0v) is 31.0. The predicted octanol–water partition coefficient (Wildman–Crippen LogP) is 7.63. The summed E-state index contributed by atoms with van der Waals surface area (Å²) in [6.45, 7) is 14.5. The Labute approximate surface area is 297 Å². The van der Waals surface area contributed by atoms with Crippen LogP contribution in [0.15, 0.2) is 12.1 Å². The van der Waals surface area contributed by atoms with Gasteiger partial charge in [-0.1, -0.05) is 13.8 Å². The summed E-state index contributed by atoms with van der Waals surface area (Å²) in [5.41, 5.74) is 4.69. The first-order valence-corrected chi connectivity index (χ1v) is 19.0. The second-order valence-corrected chi connectivity index (χ2v) is 15.2. The SMILES string of the molecule is CCC(C)(CC)O[C@H](C(=O)O)c1c(C)nc2c(cc(-c3nc(N4CCC(N5CCCC5)CC4)ns3)n2C)c1-c1cc(F)c2c(c1C)CCCO2. The van der Waals surface area contributed by atoms with Crippen LogP contribution < -0.4 is 9.64 Å². The fourth-order valence-electron chi connectivity index (χ4n) is 8.11. The summed E-state index contributed by atoms with van der Waals surface area (Å²) in [5.74, 6) is -0.532. The van der Waals surface area contributed by atoms with Crippen molar-refractivity contribution in [3.05, 3.63) is 40.3 Å². The molecule has 0 spiro atoms. The summed E-state index contributed by atoms with van der Waals surface area (Å²) < 4.78 is 35.0. The molecule has 1 aromatic carbocycles. The van der Waals surface area contributed by atoms with Gasteiger partial charge in [0.1, 0.15) is 5.65 Å². The topological polar surface area (TPSA) is 106 Å². The lowest BCUT2D eigenvalue weighted by atomic mass is 9.86. The van der Waals surface area contributed by atoms with Crippen LogP contribution >= 0.6 is 11.5 Å². The summed E-state index contributed by atoms with van der Waals surface area (Å²) in [6, 6.07) is 4.15. The molecule has 0 amide bonds. The molecule has 4 aromatic rings. The van der Waals surface area contributed by atoms with Crippen LogP contribution in [0.3, 0.4) is 0 Å². The first-order valence-electron chi connectivity index (χ1n) is 18.2. The zero-order valence-electron chi connectivity index (χ0n) is 30.1. The number of aliphatic carboxylic acids is 1. The van der Waals surface area contributed by atoms with Crippen LogP contribution in [0, 0.1) is 19.7 Å². The van der Waals surface area contributed by atoms with Crippen LogP contribution in [-0.4, -0.2) is 79.3 Å². The molecule has 6 heterocycles. The molecule has 0 aliphatic carbocycles. The van der Waals surface area contributed by atoms with E-state index in [9.17, 15) is 9.90 Å². The number of hydrogen-bond acceptors (Lipinski definition) is 9. The molecule has 3 aliphatic heterocycles. The van der Waals surface area contributed by atoms with E-state index < -0.39 is 23.5 Å². The average Bonchev–Trinajstić information content (AvgIpc) is 3.90. The van der Waals surface area contributed by atoms with Crippen molar-refractivity contribution in [2.24, 2.45) is 7.05 Å². The summed E-state index contributed by atoms with van der Waals surface area (Å²) in [4.78, 5) is 28.1. The van der Waals surface area contributed by atoms with E-state index in [0.29, 0.717) is 59.9 Å². The van der Waals surface area contributed by atoms with Crippen LogP contribution in [0.4, 0.5) is 10.3 Å². The van der Waals surface area contributed by atoms with Crippen LogP contribution in [-0.2, 0) is 23.0 Å². The maximum absolute atomic E-state index is 15.9. The molecule has 50 heavy (non-hydrogen) atoms. The predicted molar refractivity (Wildman–Crippen MR) is 195 cm³/mol. The Morgan fingerprint density at radius 1 is 1.12 bits per heavy atom. The Morgan fingerprint density at radius 3 is 2.52 bits per heavy atom. The number of hydrogen-bond donors (Lipinski definition) is 1. The number of piperidine rings is 1. The number of nitrogens with zero attached hydrogens (tertiary/aromatic N) is 6. The summed E-state index contributed by atoms with van der Waals surface area (Å²) in [7, 11) is 1.95. The number of rotatable bonds is 10. The van der Waals surface area contributed by atoms with Gasteiger partial charge in [-0.05, 0) is 120 Å². The highest BCUT2D eigenvalue weighted by atomic mass is 32.1. The molecule has 1 atom stereocenters. The summed E-state index contributed by atoms with van der Waals surface area (Å²) in [6.07, 6.45) is 6.24. The molecule has 10 nitrogen and oxygen atoms in total. The van der Waals surface area contributed by atoms with E-state index in [4.69, 9.17) is 23.8 Å². The third-order valence-corrected chi connectivity index (χ3v) is 12.3. The molecule has 3 aliphatic rings. The number of halogens is 1. The fourth-order valence-corrected chi connectivity index (χ4v) is 8.85. The van der Waals surface area contributed by atoms with E-state index in [1.165, 1.54) is 43.5 Å². The van der Waals surface area contributed by atoms with Gasteiger partial charge in [0, 0.05) is 53.9 Å². The number of likely N-dealkylation sites (tertiary alicyclic amines) is 1. The van der Waals surface area contributed by atoms with Gasteiger partial charge in [-0.15, -0.1) is 0 Å². The highest BCUT2D eigenvalue weighted by molar-refractivity contribution is 7.09. The standard InChI is InChI=1S/C38H49FN6O4S/c1-7-38(5,8-2)49-33(36(46)47)30-23(4)40-34-27(31(30)26-20-28(39)32-25(22(26)3)12-11-19-48-32)21-29(43(34)6)35-41-37(42-50-35)45-17-13-24(14-18-45)44-15-9-10-16-44/h20-21,24,33H,7-19H2,1-6H3,(H,46,47)/t33-/m0/s1. The van der Waals surface area contributed by atoms with Crippen molar-refractivity contribution in [3.8, 4) is 27.6 Å². The average molecular weight is 705 g/mol. The van der Waals surface area contributed by atoms with Gasteiger partial charge < -0.3 is 28.9 Å². The molecule has 0 radical (unpaired) electrons. The maximum Gasteiger partial charge on any atom is 0.337 e. The largest absolute Gasteiger partial charge is 0.490 e. The lowest BCUT2D eigenvalue weighted by Crippen LogP contribution is -2.44. The van der Waals surface area contributed by atoms with Gasteiger partial charge in [-0.3, -0.25) is 0 Å². The third-order valence-electron chi connectivity index (χ3n) is 11.5. The quantitative estimate of drug-likeness (QED) is 0.178. The molecule has 0 saturated carbocycles. The van der Waals surface area contributed by atoms with Crippen molar-refractivity contribution >= 4 is 34.5 Å². The number of ether oxygens (including phenoxy) is 2. The molecular weight excluding hydrogens is 656 g/mol. The van der Waals surface area contributed by atoms with E-state index in [1.54, 1.807) is 0 Å².